The topological polar surface area (TPSA) is 87.1 Å². The number of hydrogen-bond donors (Lipinski definition) is 2. The molecule has 0 radical (unpaired) electrons. The van der Waals surface area contributed by atoms with E-state index in [1.165, 1.54) is 6.07 Å². The molecule has 84 valence electrons. The van der Waals surface area contributed by atoms with Gasteiger partial charge in [0.2, 0.25) is 5.82 Å². The van der Waals surface area contributed by atoms with Crippen LogP contribution in [0.4, 0.5) is 11.8 Å². The van der Waals surface area contributed by atoms with Crippen LogP contribution in [0, 0.1) is 5.21 Å². The molecule has 0 saturated heterocycles. The summed E-state index contributed by atoms with van der Waals surface area (Å²) in [7, 11) is 1.64. The summed E-state index contributed by atoms with van der Waals surface area (Å²) in [5.41, 5.74) is 5.42. The van der Waals surface area contributed by atoms with Crippen LogP contribution in [0.25, 0.3) is 0 Å². The average molecular weight is 212 g/mol. The predicted molar refractivity (Wildman–Crippen MR) is 57.6 cm³/mol. The monoisotopic (exact) mass is 212 g/mol. The summed E-state index contributed by atoms with van der Waals surface area (Å²) in [6.45, 7) is 2.65. The maximum atomic E-state index is 11.3. The van der Waals surface area contributed by atoms with E-state index in [-0.39, 0.29) is 5.95 Å². The van der Waals surface area contributed by atoms with Gasteiger partial charge in [0, 0.05) is 7.05 Å². The molecule has 3 N–H and O–H groups in total. The van der Waals surface area contributed by atoms with Crippen molar-refractivity contribution in [3.8, 4) is 5.88 Å². The molecule has 1 aromatic heterocycles. The van der Waals surface area contributed by atoms with Gasteiger partial charge in [-0.1, -0.05) is 18.3 Å². The van der Waals surface area contributed by atoms with Crippen molar-refractivity contribution >= 4 is 11.8 Å². The Morgan fingerprint density at radius 3 is 3.00 bits per heavy atom. The highest BCUT2D eigenvalue weighted by molar-refractivity contribution is 5.35. The lowest BCUT2D eigenvalue weighted by molar-refractivity contribution is -0.577. The van der Waals surface area contributed by atoms with Crippen LogP contribution in [-0.4, -0.2) is 18.6 Å². The van der Waals surface area contributed by atoms with Crippen LogP contribution < -0.4 is 20.5 Å². The number of aromatic nitrogens is 2. The number of nitrogens with zero attached hydrogens (tertiary/aromatic N) is 2. The van der Waals surface area contributed by atoms with E-state index >= 15 is 0 Å². The van der Waals surface area contributed by atoms with Gasteiger partial charge in [-0.25, -0.2) is 4.73 Å². The number of rotatable bonds is 5. The molecule has 0 aliphatic rings. The summed E-state index contributed by atoms with van der Waals surface area (Å²) in [6.07, 6.45) is 1.99. The Morgan fingerprint density at radius 1 is 1.67 bits per heavy atom. The lowest BCUT2D eigenvalue weighted by atomic mass is 10.4. The molecule has 1 aromatic rings. The zero-order valence-electron chi connectivity index (χ0n) is 8.99. The SMILES string of the molecule is CCCCOc1cc(NC)[n+]([O-])c(N)n1. The Labute approximate surface area is 88.7 Å². The fourth-order valence-corrected chi connectivity index (χ4v) is 1.06. The second kappa shape index (κ2) is 5.23. The van der Waals surface area contributed by atoms with Crippen molar-refractivity contribution in [2.45, 2.75) is 19.8 Å². The minimum atomic E-state index is -0.117. The maximum Gasteiger partial charge on any atom is 0.347 e. The van der Waals surface area contributed by atoms with Crippen molar-refractivity contribution in [1.29, 1.82) is 0 Å². The Bertz CT molecular complexity index is 330. The van der Waals surface area contributed by atoms with E-state index in [0.29, 0.717) is 23.0 Å². The van der Waals surface area contributed by atoms with E-state index in [1.807, 2.05) is 0 Å². The third-order valence-corrected chi connectivity index (χ3v) is 1.92. The predicted octanol–water partition coefficient (Wildman–Crippen LogP) is 0.518. The van der Waals surface area contributed by atoms with Crippen LogP contribution in [0.5, 0.6) is 5.88 Å². The van der Waals surface area contributed by atoms with Gasteiger partial charge in [0.25, 0.3) is 5.88 Å². The second-order valence-corrected chi connectivity index (χ2v) is 3.08. The van der Waals surface area contributed by atoms with Gasteiger partial charge in [-0.2, -0.15) is 0 Å². The van der Waals surface area contributed by atoms with Crippen LogP contribution in [0.3, 0.4) is 0 Å². The van der Waals surface area contributed by atoms with Gasteiger partial charge in [0.15, 0.2) is 0 Å². The number of ether oxygens (including phenoxy) is 1. The molecule has 0 fully saturated rings. The third kappa shape index (κ3) is 2.87. The van der Waals surface area contributed by atoms with E-state index in [9.17, 15) is 5.21 Å². The lowest BCUT2D eigenvalue weighted by Crippen LogP contribution is -2.35. The number of nitrogen functional groups attached to an aromatic ring is 1. The summed E-state index contributed by atoms with van der Waals surface area (Å²) in [5.74, 6) is 0.583. The van der Waals surface area contributed by atoms with E-state index < -0.39 is 0 Å². The molecule has 1 heterocycles. The standard InChI is InChI=1S/C9H16N4O2/c1-3-4-5-15-8-6-7(11-2)13(14)9(10)12-8/h6,11H,3-5H2,1-2H3,(H2,10,12). The van der Waals surface area contributed by atoms with Crippen molar-refractivity contribution in [1.82, 2.24) is 4.98 Å². The van der Waals surface area contributed by atoms with Gasteiger partial charge in [-0.3, -0.25) is 0 Å². The summed E-state index contributed by atoms with van der Waals surface area (Å²) >= 11 is 0. The minimum absolute atomic E-state index is 0.117. The maximum absolute atomic E-state index is 11.3. The first-order chi connectivity index (χ1) is 7.19. The third-order valence-electron chi connectivity index (χ3n) is 1.92. The van der Waals surface area contributed by atoms with Crippen molar-refractivity contribution < 1.29 is 9.47 Å². The lowest BCUT2D eigenvalue weighted by Gasteiger charge is -2.12. The van der Waals surface area contributed by atoms with Crippen LogP contribution in [0.1, 0.15) is 19.8 Å². The van der Waals surface area contributed by atoms with Crippen molar-refractivity contribution in [3.05, 3.63) is 11.3 Å². The van der Waals surface area contributed by atoms with E-state index in [2.05, 4.69) is 17.2 Å². The van der Waals surface area contributed by atoms with Crippen LogP contribution in [0.2, 0.25) is 0 Å². The minimum Gasteiger partial charge on any atom is -0.754 e. The quantitative estimate of drug-likeness (QED) is 0.422. The molecule has 1 rings (SSSR count). The average Bonchev–Trinajstić information content (AvgIpc) is 2.23. The highest BCUT2D eigenvalue weighted by atomic mass is 16.5. The smallest absolute Gasteiger partial charge is 0.347 e. The zero-order chi connectivity index (χ0) is 11.3. The van der Waals surface area contributed by atoms with Gasteiger partial charge in [0.05, 0.1) is 12.7 Å². The molecule has 15 heavy (non-hydrogen) atoms. The molecule has 0 aliphatic heterocycles. The number of hydrogen-bond acceptors (Lipinski definition) is 5. The Morgan fingerprint density at radius 2 is 2.40 bits per heavy atom. The van der Waals surface area contributed by atoms with Crippen molar-refractivity contribution in [2.75, 3.05) is 24.7 Å². The fraction of sp³-hybridized carbons (Fsp3) is 0.556. The van der Waals surface area contributed by atoms with Gasteiger partial charge >= 0.3 is 5.95 Å². The second-order valence-electron chi connectivity index (χ2n) is 3.08. The molecule has 0 aromatic carbocycles. The van der Waals surface area contributed by atoms with Gasteiger partial charge < -0.3 is 21.0 Å². The summed E-state index contributed by atoms with van der Waals surface area (Å²) < 4.78 is 5.86. The summed E-state index contributed by atoms with van der Waals surface area (Å²) in [5, 5.41) is 14.0. The first kappa shape index (κ1) is 11.4. The van der Waals surface area contributed by atoms with E-state index in [0.717, 1.165) is 12.8 Å². The first-order valence-electron chi connectivity index (χ1n) is 4.89. The van der Waals surface area contributed by atoms with Crippen LogP contribution in [0.15, 0.2) is 6.07 Å². The molecular formula is C9H16N4O2. The zero-order valence-corrected chi connectivity index (χ0v) is 8.99. The highest BCUT2D eigenvalue weighted by Crippen LogP contribution is 2.12. The summed E-state index contributed by atoms with van der Waals surface area (Å²) in [6, 6.07) is 1.53. The van der Waals surface area contributed by atoms with E-state index in [1.54, 1.807) is 7.05 Å². The molecule has 0 bridgehead atoms. The number of nitrogens with two attached hydrogens (primary N) is 1. The highest BCUT2D eigenvalue weighted by Gasteiger charge is 2.09. The van der Waals surface area contributed by atoms with Crippen molar-refractivity contribution in [3.63, 3.8) is 0 Å². The molecule has 0 aliphatic carbocycles. The molecular weight excluding hydrogens is 196 g/mol. The normalized spacial score (nSPS) is 10.0. The molecule has 6 nitrogen and oxygen atoms in total. The number of unbranched alkanes of at least 4 members (excludes halogenated alkanes) is 1. The molecule has 0 unspecified atom stereocenters. The van der Waals surface area contributed by atoms with Gasteiger partial charge in [0.1, 0.15) is 0 Å². The van der Waals surface area contributed by atoms with Gasteiger partial charge in [-0.05, 0) is 6.42 Å². The number of anilines is 2. The molecule has 0 saturated carbocycles. The van der Waals surface area contributed by atoms with Crippen LogP contribution >= 0.6 is 0 Å². The fourth-order valence-electron chi connectivity index (χ4n) is 1.06. The Hall–Kier alpha value is -1.72. The number of nitrogens with one attached hydrogen (secondary N) is 1. The van der Waals surface area contributed by atoms with Gasteiger partial charge in [-0.15, -0.1) is 0 Å². The first-order valence-corrected chi connectivity index (χ1v) is 4.89. The molecule has 6 heteroatoms. The van der Waals surface area contributed by atoms with E-state index in [4.69, 9.17) is 10.5 Å². The van der Waals surface area contributed by atoms with Crippen LogP contribution in [-0.2, 0) is 0 Å². The molecule has 0 spiro atoms. The summed E-state index contributed by atoms with van der Waals surface area (Å²) in [4.78, 5) is 3.82. The molecule has 0 atom stereocenters. The Kier molecular flexibility index (Phi) is 3.96. The van der Waals surface area contributed by atoms with Crippen molar-refractivity contribution in [2.24, 2.45) is 0 Å². The Balaban J connectivity index is 2.77. The largest absolute Gasteiger partial charge is 0.754 e. The molecule has 0 amide bonds.